The molecule has 0 spiro atoms. The van der Waals surface area contributed by atoms with Crippen LogP contribution in [0.15, 0.2) is 256 Å². The van der Waals surface area contributed by atoms with Gasteiger partial charge in [-0.05, 0) is 101 Å². The van der Waals surface area contributed by atoms with Gasteiger partial charge in [-0.25, -0.2) is 15.0 Å². The molecular weight excluding hydrogens is 933 g/mol. The molecule has 5 aromatic heterocycles. The zero-order chi connectivity index (χ0) is 49.8. The molecule has 0 fully saturated rings. The molecule has 0 saturated carbocycles. The molecule has 0 aliphatic rings. The Balaban J connectivity index is 0.832. The van der Waals surface area contributed by atoms with Crippen molar-refractivity contribution in [3.05, 3.63) is 243 Å². The zero-order valence-corrected chi connectivity index (χ0v) is 40.6. The van der Waals surface area contributed by atoms with Crippen LogP contribution in [0.3, 0.4) is 0 Å². The summed E-state index contributed by atoms with van der Waals surface area (Å²) < 4.78 is 22.5. The number of aromatic nitrogens is 4. The van der Waals surface area contributed by atoms with Crippen molar-refractivity contribution in [1.82, 2.24) is 19.5 Å². The summed E-state index contributed by atoms with van der Waals surface area (Å²) in [5.74, 6) is 1.65. The van der Waals surface area contributed by atoms with Gasteiger partial charge in [-0.3, -0.25) is 0 Å². The van der Waals surface area contributed by atoms with Crippen molar-refractivity contribution in [1.29, 1.82) is 0 Å². The standard InChI is InChI=1S/C69H40N4O3/c1-4-16-41(17-5-1)47-23-13-29-59-63(47)51-35-32-45(40-62(51)75-59)68-70-67(42-18-6-2-7-19-42)71-69(72-68)53-27-15-30-60-65(53)55-39-43(34-37-58(55)74-60)48-24-14-31-61-64(48)52-26-12-25-49(66(52)76-61)44-33-36-57-54(38-44)50-22-10-11-28-56(50)73(57)46-20-8-3-9-21-46/h1-40H. The summed E-state index contributed by atoms with van der Waals surface area (Å²) in [6.07, 6.45) is 0. The van der Waals surface area contributed by atoms with Gasteiger partial charge in [-0.1, -0.05) is 170 Å². The van der Waals surface area contributed by atoms with Crippen LogP contribution in [0.25, 0.3) is 161 Å². The highest BCUT2D eigenvalue weighted by atomic mass is 16.3. The number of benzene rings is 11. The normalized spacial score (nSPS) is 11.9. The first kappa shape index (κ1) is 42.2. The largest absolute Gasteiger partial charge is 0.456 e. The van der Waals surface area contributed by atoms with Gasteiger partial charge in [0.1, 0.15) is 33.5 Å². The van der Waals surface area contributed by atoms with Gasteiger partial charge in [0.25, 0.3) is 0 Å². The Morgan fingerprint density at radius 1 is 0.263 bits per heavy atom. The number of para-hydroxylation sites is 3. The number of rotatable bonds is 7. The van der Waals surface area contributed by atoms with Gasteiger partial charge in [-0.15, -0.1) is 0 Å². The highest BCUT2D eigenvalue weighted by Crippen LogP contribution is 2.45. The first-order valence-electron chi connectivity index (χ1n) is 25.5. The van der Waals surface area contributed by atoms with Crippen LogP contribution >= 0.6 is 0 Å². The number of fused-ring (bicyclic) bond motifs is 12. The first-order chi connectivity index (χ1) is 37.7. The van der Waals surface area contributed by atoms with E-state index in [9.17, 15) is 0 Å². The van der Waals surface area contributed by atoms with Gasteiger partial charge in [-0.2, -0.15) is 0 Å². The molecule has 11 aromatic carbocycles. The third kappa shape index (κ3) is 6.52. The van der Waals surface area contributed by atoms with Crippen molar-refractivity contribution in [3.63, 3.8) is 0 Å². The molecule has 16 aromatic rings. The van der Waals surface area contributed by atoms with Gasteiger partial charge in [0, 0.05) is 71.0 Å². The van der Waals surface area contributed by atoms with Gasteiger partial charge in [0.15, 0.2) is 17.5 Å². The summed E-state index contributed by atoms with van der Waals surface area (Å²) in [5.41, 5.74) is 17.3. The van der Waals surface area contributed by atoms with Gasteiger partial charge in [0.05, 0.1) is 11.0 Å². The Labute approximate surface area is 434 Å². The van der Waals surface area contributed by atoms with E-state index in [0.29, 0.717) is 17.5 Å². The van der Waals surface area contributed by atoms with E-state index in [-0.39, 0.29) is 0 Å². The second-order valence-electron chi connectivity index (χ2n) is 19.4. The fourth-order valence-electron chi connectivity index (χ4n) is 11.7. The molecule has 7 nitrogen and oxygen atoms in total. The molecule has 0 atom stereocenters. The third-order valence-electron chi connectivity index (χ3n) is 15.1. The lowest BCUT2D eigenvalue weighted by Crippen LogP contribution is -2.00. The van der Waals surface area contributed by atoms with E-state index in [1.807, 2.05) is 66.7 Å². The van der Waals surface area contributed by atoms with Crippen molar-refractivity contribution in [2.24, 2.45) is 0 Å². The zero-order valence-electron chi connectivity index (χ0n) is 40.6. The number of hydrogen-bond donors (Lipinski definition) is 0. The maximum atomic E-state index is 6.90. The molecule has 5 heterocycles. The molecule has 0 aliphatic carbocycles. The highest BCUT2D eigenvalue weighted by Gasteiger charge is 2.22. The summed E-state index contributed by atoms with van der Waals surface area (Å²) in [7, 11) is 0. The van der Waals surface area contributed by atoms with Crippen molar-refractivity contribution < 1.29 is 13.3 Å². The quantitative estimate of drug-likeness (QED) is 0.158. The van der Waals surface area contributed by atoms with E-state index in [4.69, 9.17) is 28.2 Å². The highest BCUT2D eigenvalue weighted by molar-refractivity contribution is 6.19. The molecule has 0 aliphatic heterocycles. The lowest BCUT2D eigenvalue weighted by molar-refractivity contribution is 0.668. The fourth-order valence-corrected chi connectivity index (χ4v) is 11.7. The van der Waals surface area contributed by atoms with Crippen molar-refractivity contribution >= 4 is 87.6 Å². The minimum absolute atomic E-state index is 0.539. The van der Waals surface area contributed by atoms with E-state index in [1.54, 1.807) is 0 Å². The minimum atomic E-state index is 0.539. The van der Waals surface area contributed by atoms with E-state index in [0.717, 1.165) is 127 Å². The molecule has 0 bridgehead atoms. The molecule has 16 rings (SSSR count). The van der Waals surface area contributed by atoms with Crippen LogP contribution in [0.5, 0.6) is 0 Å². The predicted octanol–water partition coefficient (Wildman–Crippen LogP) is 18.7. The predicted molar refractivity (Wildman–Crippen MR) is 309 cm³/mol. The second kappa shape index (κ2) is 16.6. The molecule has 76 heavy (non-hydrogen) atoms. The van der Waals surface area contributed by atoms with E-state index >= 15 is 0 Å². The summed E-state index contributed by atoms with van der Waals surface area (Å²) in [6, 6.07) is 84.3. The van der Waals surface area contributed by atoms with Gasteiger partial charge < -0.3 is 17.8 Å². The van der Waals surface area contributed by atoms with Gasteiger partial charge in [0.2, 0.25) is 0 Å². The average Bonchev–Trinajstić information content (AvgIpc) is 4.30. The molecule has 0 unspecified atom stereocenters. The molecular formula is C69H40N4O3. The van der Waals surface area contributed by atoms with E-state index in [2.05, 4.69) is 180 Å². The Hall–Kier alpha value is -10.4. The average molecular weight is 973 g/mol. The van der Waals surface area contributed by atoms with Crippen LogP contribution in [-0.4, -0.2) is 19.5 Å². The van der Waals surface area contributed by atoms with E-state index < -0.39 is 0 Å². The molecule has 354 valence electrons. The molecule has 0 amide bonds. The van der Waals surface area contributed by atoms with Crippen LogP contribution in [0.1, 0.15) is 0 Å². The minimum Gasteiger partial charge on any atom is -0.456 e. The maximum Gasteiger partial charge on any atom is 0.164 e. The fraction of sp³-hybridized carbons (Fsp3) is 0. The topological polar surface area (TPSA) is 83.0 Å². The van der Waals surface area contributed by atoms with Crippen molar-refractivity contribution in [2.45, 2.75) is 0 Å². The monoisotopic (exact) mass is 972 g/mol. The molecule has 0 saturated heterocycles. The van der Waals surface area contributed by atoms with Crippen molar-refractivity contribution in [3.8, 4) is 73.2 Å². The summed E-state index contributed by atoms with van der Waals surface area (Å²) in [4.78, 5) is 15.6. The van der Waals surface area contributed by atoms with E-state index in [1.165, 1.54) is 16.3 Å². The lowest BCUT2D eigenvalue weighted by Gasteiger charge is -2.09. The Morgan fingerprint density at radius 3 is 1.58 bits per heavy atom. The Morgan fingerprint density at radius 2 is 0.789 bits per heavy atom. The van der Waals surface area contributed by atoms with Crippen LogP contribution < -0.4 is 0 Å². The van der Waals surface area contributed by atoms with Crippen molar-refractivity contribution in [2.75, 3.05) is 0 Å². The smallest absolute Gasteiger partial charge is 0.164 e. The van der Waals surface area contributed by atoms with Crippen LogP contribution in [0, 0.1) is 0 Å². The number of furan rings is 3. The van der Waals surface area contributed by atoms with Gasteiger partial charge >= 0.3 is 0 Å². The lowest BCUT2D eigenvalue weighted by atomic mass is 9.95. The summed E-state index contributed by atoms with van der Waals surface area (Å²) in [5, 5.41) is 8.50. The second-order valence-corrected chi connectivity index (χ2v) is 19.4. The summed E-state index contributed by atoms with van der Waals surface area (Å²) in [6.45, 7) is 0. The Kier molecular flexibility index (Phi) is 9.20. The van der Waals surface area contributed by atoms with Crippen LogP contribution in [0.2, 0.25) is 0 Å². The number of nitrogens with zero attached hydrogens (tertiary/aromatic N) is 4. The summed E-state index contributed by atoms with van der Waals surface area (Å²) >= 11 is 0. The molecule has 0 N–H and O–H groups in total. The maximum absolute atomic E-state index is 6.90. The van der Waals surface area contributed by atoms with Crippen LogP contribution in [-0.2, 0) is 0 Å². The molecule has 7 heteroatoms. The third-order valence-corrected chi connectivity index (χ3v) is 15.1. The molecule has 0 radical (unpaired) electrons. The number of hydrogen-bond acceptors (Lipinski definition) is 6. The SMILES string of the molecule is c1ccc(-c2nc(-c3ccc4c(c3)oc3cccc(-c5ccccc5)c34)nc(-c3cccc4oc5ccc(-c6cccc7oc8c(-c9ccc%10c(c9)c9ccccc9n%10-c9ccccc9)cccc8c67)cc5c34)n2)cc1. The first-order valence-corrected chi connectivity index (χ1v) is 25.5. The Bertz CT molecular complexity index is 4990. The van der Waals surface area contributed by atoms with Crippen LogP contribution in [0.4, 0.5) is 0 Å².